The van der Waals surface area contributed by atoms with E-state index in [0.717, 1.165) is 21.2 Å². The smallest absolute Gasteiger partial charge is 0.243 e. The highest BCUT2D eigenvalue weighted by Crippen LogP contribution is 2.23. The molecule has 0 heterocycles. The number of hydrogen-bond donors (Lipinski definition) is 1. The van der Waals surface area contributed by atoms with Crippen molar-refractivity contribution in [1.82, 2.24) is 10.2 Å². The molecule has 3 aromatic carbocycles. The van der Waals surface area contributed by atoms with E-state index in [4.69, 9.17) is 11.6 Å². The van der Waals surface area contributed by atoms with E-state index in [2.05, 4.69) is 21.2 Å². The first-order valence-electron chi connectivity index (χ1n) is 11.5. The van der Waals surface area contributed by atoms with E-state index in [1.54, 1.807) is 4.90 Å². The van der Waals surface area contributed by atoms with Crippen molar-refractivity contribution in [3.8, 4) is 0 Å². The van der Waals surface area contributed by atoms with Crippen molar-refractivity contribution in [2.24, 2.45) is 0 Å². The second kappa shape index (κ2) is 13.7. The Morgan fingerprint density at radius 2 is 1.60 bits per heavy atom. The van der Waals surface area contributed by atoms with Crippen molar-refractivity contribution in [2.45, 2.75) is 44.6 Å². The van der Waals surface area contributed by atoms with Gasteiger partial charge in [-0.3, -0.25) is 9.59 Å². The molecule has 0 aliphatic heterocycles. The molecule has 3 rings (SSSR count). The predicted molar refractivity (Wildman–Crippen MR) is 150 cm³/mol. The number of hydrogen-bond acceptors (Lipinski definition) is 3. The molecule has 0 saturated heterocycles. The van der Waals surface area contributed by atoms with Gasteiger partial charge in [-0.25, -0.2) is 0 Å². The summed E-state index contributed by atoms with van der Waals surface area (Å²) in [5.74, 6) is 0.649. The Labute approximate surface area is 225 Å². The quantitative estimate of drug-likeness (QED) is 0.285. The molecule has 0 saturated carbocycles. The number of nitrogens with one attached hydrogen (secondary N) is 1. The molecule has 184 valence electrons. The molecule has 0 fully saturated rings. The van der Waals surface area contributed by atoms with Gasteiger partial charge in [-0.2, -0.15) is 0 Å². The Hall–Kier alpha value is -2.28. The van der Waals surface area contributed by atoms with E-state index in [1.807, 2.05) is 92.7 Å². The highest BCUT2D eigenvalue weighted by atomic mass is 79.9. The maximum atomic E-state index is 13.6. The van der Waals surface area contributed by atoms with E-state index in [9.17, 15) is 9.59 Å². The van der Waals surface area contributed by atoms with Crippen LogP contribution in [0.4, 0.5) is 0 Å². The van der Waals surface area contributed by atoms with Gasteiger partial charge in [0.2, 0.25) is 11.8 Å². The lowest BCUT2D eigenvalue weighted by atomic mass is 10.0. The normalized spacial score (nSPS) is 11.8. The van der Waals surface area contributed by atoms with E-state index >= 15 is 0 Å². The third-order valence-corrected chi connectivity index (χ3v) is 7.27. The van der Waals surface area contributed by atoms with Crippen LogP contribution in [0.15, 0.2) is 83.3 Å². The summed E-state index contributed by atoms with van der Waals surface area (Å²) in [6, 6.07) is 24.7. The highest BCUT2D eigenvalue weighted by molar-refractivity contribution is 9.10. The Kier molecular flexibility index (Phi) is 10.7. The number of halogens is 2. The number of nitrogens with zero attached hydrogens (tertiary/aromatic N) is 1. The molecule has 35 heavy (non-hydrogen) atoms. The van der Waals surface area contributed by atoms with Crippen LogP contribution in [-0.2, 0) is 28.3 Å². The summed E-state index contributed by atoms with van der Waals surface area (Å²) in [6.45, 7) is 4.21. The fourth-order valence-corrected chi connectivity index (χ4v) is 5.13. The molecule has 0 unspecified atom stereocenters. The van der Waals surface area contributed by atoms with Crippen LogP contribution >= 0.6 is 39.3 Å². The van der Waals surface area contributed by atoms with Gasteiger partial charge in [-0.05, 0) is 48.7 Å². The molecular formula is C28H30BrClN2O2S. The first kappa shape index (κ1) is 27.3. The maximum Gasteiger partial charge on any atom is 0.243 e. The van der Waals surface area contributed by atoms with Gasteiger partial charge in [0, 0.05) is 34.3 Å². The third-order valence-electron chi connectivity index (χ3n) is 5.41. The first-order chi connectivity index (χ1) is 16.8. The van der Waals surface area contributed by atoms with Gasteiger partial charge in [0.25, 0.3) is 0 Å². The Morgan fingerprint density at radius 1 is 0.943 bits per heavy atom. The summed E-state index contributed by atoms with van der Waals surface area (Å²) in [5, 5.41) is 3.71. The molecule has 7 heteroatoms. The lowest BCUT2D eigenvalue weighted by Gasteiger charge is -2.32. The molecule has 2 amide bonds. The number of carbonyl (C=O) groups is 2. The van der Waals surface area contributed by atoms with E-state index in [0.29, 0.717) is 23.7 Å². The van der Waals surface area contributed by atoms with Crippen LogP contribution in [0.25, 0.3) is 0 Å². The Balaban J connectivity index is 1.84. The molecule has 1 atom stereocenters. The van der Waals surface area contributed by atoms with Crippen molar-refractivity contribution >= 4 is 51.1 Å². The summed E-state index contributed by atoms with van der Waals surface area (Å²) < 4.78 is 0.966. The number of carbonyl (C=O) groups excluding carboxylic acids is 2. The number of amides is 2. The van der Waals surface area contributed by atoms with Crippen LogP contribution in [0, 0.1) is 0 Å². The van der Waals surface area contributed by atoms with Gasteiger partial charge in [0.05, 0.1) is 5.75 Å². The SMILES string of the molecule is CC(C)NC(=O)[C@H](Cc1ccccc1)N(Cc1ccc(Br)cc1)C(=O)CSCc1ccccc1Cl. The molecule has 1 N–H and O–H groups in total. The molecule has 0 aliphatic rings. The van der Waals surface area contributed by atoms with Gasteiger partial charge < -0.3 is 10.2 Å². The van der Waals surface area contributed by atoms with Gasteiger partial charge in [-0.1, -0.05) is 88.2 Å². The predicted octanol–water partition coefficient (Wildman–Crippen LogP) is 6.50. The summed E-state index contributed by atoms with van der Waals surface area (Å²) in [5.41, 5.74) is 2.96. The zero-order chi connectivity index (χ0) is 25.2. The van der Waals surface area contributed by atoms with Crippen LogP contribution in [0.1, 0.15) is 30.5 Å². The minimum Gasteiger partial charge on any atom is -0.352 e. The Bertz CT molecular complexity index is 1110. The second-order valence-electron chi connectivity index (χ2n) is 8.60. The first-order valence-corrected chi connectivity index (χ1v) is 13.9. The summed E-state index contributed by atoms with van der Waals surface area (Å²) in [4.78, 5) is 28.7. The summed E-state index contributed by atoms with van der Waals surface area (Å²) in [7, 11) is 0. The largest absolute Gasteiger partial charge is 0.352 e. The second-order valence-corrected chi connectivity index (χ2v) is 10.9. The maximum absolute atomic E-state index is 13.6. The molecular weight excluding hydrogens is 544 g/mol. The molecule has 0 spiro atoms. The molecule has 0 radical (unpaired) electrons. The van der Waals surface area contributed by atoms with Crippen LogP contribution in [0.3, 0.4) is 0 Å². The van der Waals surface area contributed by atoms with Gasteiger partial charge in [-0.15, -0.1) is 11.8 Å². The van der Waals surface area contributed by atoms with Crippen molar-refractivity contribution in [2.75, 3.05) is 5.75 Å². The highest BCUT2D eigenvalue weighted by Gasteiger charge is 2.30. The van der Waals surface area contributed by atoms with Gasteiger partial charge in [0.15, 0.2) is 0 Å². The van der Waals surface area contributed by atoms with Crippen molar-refractivity contribution < 1.29 is 9.59 Å². The van der Waals surface area contributed by atoms with Crippen LogP contribution in [-0.4, -0.2) is 34.6 Å². The van der Waals surface area contributed by atoms with Crippen LogP contribution in [0.2, 0.25) is 5.02 Å². The third kappa shape index (κ3) is 8.71. The van der Waals surface area contributed by atoms with Gasteiger partial charge in [0.1, 0.15) is 6.04 Å². The molecule has 4 nitrogen and oxygen atoms in total. The molecule has 3 aromatic rings. The Morgan fingerprint density at radius 3 is 2.26 bits per heavy atom. The monoisotopic (exact) mass is 572 g/mol. The van der Waals surface area contributed by atoms with Crippen molar-refractivity contribution in [3.05, 3.63) is 105 Å². The number of benzene rings is 3. The van der Waals surface area contributed by atoms with Crippen LogP contribution < -0.4 is 5.32 Å². The van der Waals surface area contributed by atoms with Gasteiger partial charge >= 0.3 is 0 Å². The summed E-state index contributed by atoms with van der Waals surface area (Å²) in [6.07, 6.45) is 0.441. The standard InChI is InChI=1S/C28H30BrClN2O2S/c1-20(2)31-28(34)26(16-21-8-4-3-5-9-21)32(17-22-12-14-24(29)15-13-22)27(33)19-35-18-23-10-6-7-11-25(23)30/h3-15,20,26H,16-19H2,1-2H3,(H,31,34)/t26-/m0/s1. The average Bonchev–Trinajstić information content (AvgIpc) is 2.84. The fourth-order valence-electron chi connectivity index (χ4n) is 3.67. The topological polar surface area (TPSA) is 49.4 Å². The summed E-state index contributed by atoms with van der Waals surface area (Å²) >= 11 is 11.3. The minimum absolute atomic E-state index is 0.0278. The van der Waals surface area contributed by atoms with E-state index < -0.39 is 6.04 Å². The number of rotatable bonds is 11. The average molecular weight is 574 g/mol. The molecule has 0 bridgehead atoms. The lowest BCUT2D eigenvalue weighted by molar-refractivity contribution is -0.139. The minimum atomic E-state index is -0.628. The van der Waals surface area contributed by atoms with Crippen LogP contribution in [0.5, 0.6) is 0 Å². The van der Waals surface area contributed by atoms with Crippen molar-refractivity contribution in [1.29, 1.82) is 0 Å². The molecule has 0 aliphatic carbocycles. The fraction of sp³-hybridized carbons (Fsp3) is 0.286. The zero-order valence-corrected chi connectivity index (χ0v) is 23.1. The number of thioether (sulfide) groups is 1. The lowest BCUT2D eigenvalue weighted by Crippen LogP contribution is -2.52. The van der Waals surface area contributed by atoms with E-state index in [-0.39, 0.29) is 23.6 Å². The zero-order valence-electron chi connectivity index (χ0n) is 19.9. The van der Waals surface area contributed by atoms with E-state index in [1.165, 1.54) is 11.8 Å². The molecule has 0 aromatic heterocycles. The van der Waals surface area contributed by atoms with Crippen molar-refractivity contribution in [3.63, 3.8) is 0 Å².